The molecule has 0 bridgehead atoms. The van der Waals surface area contributed by atoms with Gasteiger partial charge in [-0.1, -0.05) is 0 Å². The first-order valence-corrected chi connectivity index (χ1v) is 9.40. The van der Waals surface area contributed by atoms with E-state index < -0.39 is 10.9 Å². The number of aliphatic carboxylic acids is 1. The maximum atomic E-state index is 10.9. The van der Waals surface area contributed by atoms with E-state index in [-0.39, 0.29) is 18.3 Å². The van der Waals surface area contributed by atoms with Crippen molar-refractivity contribution in [3.63, 3.8) is 0 Å². The van der Waals surface area contributed by atoms with Gasteiger partial charge in [0.1, 0.15) is 11.5 Å². The molecule has 0 radical (unpaired) electrons. The molecule has 1 aliphatic rings. The molecule has 0 saturated carbocycles. The molecule has 0 spiro atoms. The number of nitro benzene ring substituents is 1. The number of likely N-dealkylation sites (N-methyl/N-ethyl adjacent to an activating group) is 1. The number of rotatable bonds is 7. The van der Waals surface area contributed by atoms with Crippen molar-refractivity contribution in [2.45, 2.75) is 31.8 Å². The monoisotopic (exact) mass is 387 g/mol. The molecular weight excluding hydrogens is 362 g/mol. The summed E-state index contributed by atoms with van der Waals surface area (Å²) in [7, 11) is 1.87. The summed E-state index contributed by atoms with van der Waals surface area (Å²) >= 11 is 0. The number of nitro groups is 1. The normalized spacial score (nSPS) is 18.1. The Bertz CT molecular complexity index is 818. The fourth-order valence-corrected chi connectivity index (χ4v) is 3.67. The van der Waals surface area contributed by atoms with Gasteiger partial charge >= 0.3 is 5.97 Å². The Balaban J connectivity index is 1.57. The van der Waals surface area contributed by atoms with Crippen molar-refractivity contribution in [1.29, 1.82) is 0 Å². The van der Waals surface area contributed by atoms with Gasteiger partial charge in [0.2, 0.25) is 0 Å². The van der Waals surface area contributed by atoms with Crippen LogP contribution in [-0.4, -0.2) is 58.5 Å². The Morgan fingerprint density at radius 3 is 2.68 bits per heavy atom. The quantitative estimate of drug-likeness (QED) is 0.575. The second-order valence-corrected chi connectivity index (χ2v) is 7.24. The minimum Gasteiger partial charge on any atom is -0.480 e. The van der Waals surface area contributed by atoms with Crippen LogP contribution in [0.15, 0.2) is 40.8 Å². The molecule has 3 rings (SSSR count). The largest absolute Gasteiger partial charge is 0.480 e. The summed E-state index contributed by atoms with van der Waals surface area (Å²) in [5.41, 5.74) is 0.866. The van der Waals surface area contributed by atoms with Crippen molar-refractivity contribution < 1.29 is 19.2 Å². The van der Waals surface area contributed by atoms with E-state index in [4.69, 9.17) is 9.52 Å². The lowest BCUT2D eigenvalue weighted by Gasteiger charge is -2.25. The van der Waals surface area contributed by atoms with Gasteiger partial charge in [0.05, 0.1) is 18.0 Å². The molecule has 28 heavy (non-hydrogen) atoms. The number of likely N-dealkylation sites (tertiary alicyclic amines) is 1. The summed E-state index contributed by atoms with van der Waals surface area (Å²) in [5.74, 6) is 0.752. The molecule has 150 valence electrons. The lowest BCUT2D eigenvalue weighted by atomic mass is 10.1. The number of nitrogens with zero attached hydrogens (tertiary/aromatic N) is 3. The lowest BCUT2D eigenvalue weighted by Crippen LogP contribution is -2.36. The number of carboxylic acid groups (broad SMARTS) is 1. The van der Waals surface area contributed by atoms with E-state index in [1.165, 1.54) is 12.1 Å². The molecule has 2 aromatic rings. The number of non-ortho nitro benzene ring substituents is 1. The summed E-state index contributed by atoms with van der Waals surface area (Å²) in [6, 6.07) is 10.4. The maximum absolute atomic E-state index is 10.9. The highest BCUT2D eigenvalue weighted by Gasteiger charge is 2.22. The van der Waals surface area contributed by atoms with Crippen molar-refractivity contribution >= 4 is 11.7 Å². The minimum absolute atomic E-state index is 0.0579. The molecule has 1 fully saturated rings. The van der Waals surface area contributed by atoms with E-state index in [1.54, 1.807) is 12.1 Å². The molecule has 1 aromatic heterocycles. The van der Waals surface area contributed by atoms with Crippen LogP contribution in [-0.2, 0) is 11.3 Å². The van der Waals surface area contributed by atoms with Crippen LogP contribution < -0.4 is 0 Å². The molecular formula is C20H25N3O5. The summed E-state index contributed by atoms with van der Waals surface area (Å²) < 4.78 is 5.94. The average Bonchev–Trinajstić information content (AvgIpc) is 2.99. The van der Waals surface area contributed by atoms with Gasteiger partial charge in [-0.25, -0.2) is 0 Å². The van der Waals surface area contributed by atoms with Crippen LogP contribution in [0.2, 0.25) is 0 Å². The highest BCUT2D eigenvalue weighted by Crippen LogP contribution is 2.26. The van der Waals surface area contributed by atoms with E-state index >= 15 is 0 Å². The van der Waals surface area contributed by atoms with Crippen molar-refractivity contribution in [3.8, 4) is 11.3 Å². The van der Waals surface area contributed by atoms with Crippen LogP contribution in [0.3, 0.4) is 0 Å². The maximum Gasteiger partial charge on any atom is 0.317 e. The third-order valence-electron chi connectivity index (χ3n) is 5.20. The van der Waals surface area contributed by atoms with Gasteiger partial charge in [-0.15, -0.1) is 0 Å². The van der Waals surface area contributed by atoms with Crippen molar-refractivity contribution in [2.24, 2.45) is 0 Å². The second kappa shape index (κ2) is 8.99. The Morgan fingerprint density at radius 1 is 1.25 bits per heavy atom. The zero-order chi connectivity index (χ0) is 20.1. The average molecular weight is 387 g/mol. The Morgan fingerprint density at radius 2 is 2.00 bits per heavy atom. The molecule has 8 heteroatoms. The third-order valence-corrected chi connectivity index (χ3v) is 5.20. The second-order valence-electron chi connectivity index (χ2n) is 7.24. The van der Waals surface area contributed by atoms with E-state index in [9.17, 15) is 14.9 Å². The van der Waals surface area contributed by atoms with Gasteiger partial charge in [-0.05, 0) is 57.1 Å². The summed E-state index contributed by atoms with van der Waals surface area (Å²) in [6.45, 7) is 2.61. The first-order valence-electron chi connectivity index (χ1n) is 9.40. The number of carboxylic acids is 1. The first-order chi connectivity index (χ1) is 13.4. The minimum atomic E-state index is -0.794. The van der Waals surface area contributed by atoms with Gasteiger partial charge in [0, 0.05) is 30.3 Å². The number of furan rings is 1. The lowest BCUT2D eigenvalue weighted by molar-refractivity contribution is -0.384. The van der Waals surface area contributed by atoms with Gasteiger partial charge in [-0.3, -0.25) is 24.7 Å². The predicted octanol–water partition coefficient (Wildman–Crippen LogP) is 3.23. The first kappa shape index (κ1) is 20.0. The topological polar surface area (TPSA) is 100 Å². The Labute approximate surface area is 163 Å². The molecule has 2 heterocycles. The number of hydrogen-bond donors (Lipinski definition) is 1. The zero-order valence-corrected chi connectivity index (χ0v) is 15.9. The molecule has 8 nitrogen and oxygen atoms in total. The van der Waals surface area contributed by atoms with Gasteiger partial charge in [0.25, 0.3) is 5.69 Å². The predicted molar refractivity (Wildman–Crippen MR) is 104 cm³/mol. The fraction of sp³-hybridized carbons (Fsp3) is 0.450. The Kier molecular flexibility index (Phi) is 6.43. The van der Waals surface area contributed by atoms with Crippen molar-refractivity contribution in [3.05, 3.63) is 52.3 Å². The summed E-state index contributed by atoms with van der Waals surface area (Å²) in [5, 5.41) is 19.7. The highest BCUT2D eigenvalue weighted by molar-refractivity contribution is 5.69. The van der Waals surface area contributed by atoms with Crippen LogP contribution in [0.5, 0.6) is 0 Å². The molecule has 1 aromatic carbocycles. The smallest absolute Gasteiger partial charge is 0.317 e. The van der Waals surface area contributed by atoms with Crippen molar-refractivity contribution in [1.82, 2.24) is 9.80 Å². The van der Waals surface area contributed by atoms with Crippen LogP contribution in [0, 0.1) is 10.1 Å². The van der Waals surface area contributed by atoms with Gasteiger partial charge in [-0.2, -0.15) is 0 Å². The van der Waals surface area contributed by atoms with Crippen LogP contribution in [0.25, 0.3) is 11.3 Å². The molecule has 0 amide bonds. The molecule has 1 unspecified atom stereocenters. The number of benzene rings is 1. The highest BCUT2D eigenvalue weighted by atomic mass is 16.6. The van der Waals surface area contributed by atoms with Gasteiger partial charge in [0.15, 0.2) is 0 Å². The molecule has 1 atom stereocenters. The van der Waals surface area contributed by atoms with E-state index in [0.29, 0.717) is 12.3 Å². The SMILES string of the molecule is CN(CC(=O)O)C1CCCN(Cc2ccc(-c3ccc([N+](=O)[O-])cc3)o2)CC1. The molecule has 1 aliphatic heterocycles. The van der Waals surface area contributed by atoms with Crippen LogP contribution >= 0.6 is 0 Å². The standard InChI is InChI=1S/C20H25N3O5/c1-21(14-20(24)25)16-3-2-11-22(12-10-16)13-18-8-9-19(28-18)15-4-6-17(7-5-15)23(26)27/h4-9,16H,2-3,10-14H2,1H3,(H,24,25). The summed E-state index contributed by atoms with van der Waals surface area (Å²) in [6.07, 6.45) is 2.94. The van der Waals surface area contributed by atoms with E-state index in [2.05, 4.69) is 4.90 Å². The number of carbonyl (C=O) groups is 1. The molecule has 0 aliphatic carbocycles. The summed E-state index contributed by atoms with van der Waals surface area (Å²) in [4.78, 5) is 25.5. The third kappa shape index (κ3) is 5.17. The molecule has 1 N–H and O–H groups in total. The van der Waals surface area contributed by atoms with Crippen LogP contribution in [0.1, 0.15) is 25.0 Å². The fourth-order valence-electron chi connectivity index (χ4n) is 3.67. The van der Waals surface area contributed by atoms with Crippen LogP contribution in [0.4, 0.5) is 5.69 Å². The number of hydrogen-bond acceptors (Lipinski definition) is 6. The Hall–Kier alpha value is -2.71. The molecule has 1 saturated heterocycles. The van der Waals surface area contributed by atoms with E-state index in [0.717, 1.165) is 43.7 Å². The van der Waals surface area contributed by atoms with Crippen molar-refractivity contribution in [2.75, 3.05) is 26.7 Å². The van der Waals surface area contributed by atoms with Gasteiger partial charge < -0.3 is 9.52 Å². The van der Waals surface area contributed by atoms with E-state index in [1.807, 2.05) is 24.1 Å². The zero-order valence-electron chi connectivity index (χ0n) is 15.9.